The van der Waals surface area contributed by atoms with Gasteiger partial charge in [0.15, 0.2) is 0 Å². The number of hydrogen-bond acceptors (Lipinski definition) is 4. The molecule has 0 saturated carbocycles. The summed E-state index contributed by atoms with van der Waals surface area (Å²) in [5.41, 5.74) is 5.72. The zero-order valence-electron chi connectivity index (χ0n) is 11.3. The molecular weight excluding hydrogens is 228 g/mol. The second kappa shape index (κ2) is 5.45. The van der Waals surface area contributed by atoms with Crippen molar-refractivity contribution in [2.24, 2.45) is 11.7 Å². The van der Waals surface area contributed by atoms with Gasteiger partial charge in [0.2, 0.25) is 0 Å². The first kappa shape index (κ1) is 12.9. The van der Waals surface area contributed by atoms with Crippen molar-refractivity contribution < 1.29 is 9.47 Å². The highest BCUT2D eigenvalue weighted by molar-refractivity contribution is 4.95. The highest BCUT2D eigenvalue weighted by atomic mass is 16.6. The van der Waals surface area contributed by atoms with Gasteiger partial charge in [-0.1, -0.05) is 0 Å². The third-order valence-electron chi connectivity index (χ3n) is 4.94. The number of rotatable bonds is 3. The Balaban J connectivity index is 1.56. The average Bonchev–Trinajstić information content (AvgIpc) is 3.00. The lowest BCUT2D eigenvalue weighted by molar-refractivity contribution is -0.104. The Kier molecular flexibility index (Phi) is 3.89. The van der Waals surface area contributed by atoms with Gasteiger partial charge in [0.25, 0.3) is 0 Å². The quantitative estimate of drug-likeness (QED) is 0.816. The Hall–Kier alpha value is -0.160. The largest absolute Gasteiger partial charge is 0.378 e. The predicted molar refractivity (Wildman–Crippen MR) is 70.5 cm³/mol. The lowest BCUT2D eigenvalue weighted by Gasteiger charge is -2.41. The van der Waals surface area contributed by atoms with E-state index in [1.54, 1.807) is 0 Å². The van der Waals surface area contributed by atoms with Gasteiger partial charge in [-0.15, -0.1) is 0 Å². The lowest BCUT2D eigenvalue weighted by atomic mass is 9.89. The highest BCUT2D eigenvalue weighted by Gasteiger charge is 2.43. The molecule has 0 amide bonds. The van der Waals surface area contributed by atoms with E-state index in [-0.39, 0.29) is 5.60 Å². The molecule has 3 atom stereocenters. The summed E-state index contributed by atoms with van der Waals surface area (Å²) in [5, 5.41) is 0. The van der Waals surface area contributed by atoms with Gasteiger partial charge in [-0.05, 0) is 44.7 Å². The minimum Gasteiger partial charge on any atom is -0.378 e. The average molecular weight is 254 g/mol. The fourth-order valence-electron chi connectivity index (χ4n) is 3.84. The summed E-state index contributed by atoms with van der Waals surface area (Å²) in [6.45, 7) is 5.94. The number of ether oxygens (including phenoxy) is 2. The minimum absolute atomic E-state index is 0.0505. The molecule has 104 valence electrons. The summed E-state index contributed by atoms with van der Waals surface area (Å²) in [7, 11) is 0. The molecule has 3 rings (SSSR count). The van der Waals surface area contributed by atoms with Crippen LogP contribution in [0.4, 0.5) is 0 Å². The van der Waals surface area contributed by atoms with Gasteiger partial charge in [0.1, 0.15) is 0 Å². The molecule has 0 aliphatic carbocycles. The molecule has 18 heavy (non-hydrogen) atoms. The first-order valence-corrected chi connectivity index (χ1v) is 7.47. The van der Waals surface area contributed by atoms with Crippen LogP contribution >= 0.6 is 0 Å². The molecule has 3 unspecified atom stereocenters. The Bertz CT molecular complexity index is 279. The SMILES string of the molecule is NCCC1CCN(C2CCOC3(CCOC3)C2)C1. The molecule has 2 N–H and O–H groups in total. The maximum absolute atomic E-state index is 6.02. The van der Waals surface area contributed by atoms with E-state index in [2.05, 4.69) is 4.90 Å². The van der Waals surface area contributed by atoms with E-state index in [1.807, 2.05) is 0 Å². The van der Waals surface area contributed by atoms with Crippen molar-refractivity contribution in [2.45, 2.75) is 43.7 Å². The van der Waals surface area contributed by atoms with E-state index < -0.39 is 0 Å². The van der Waals surface area contributed by atoms with Gasteiger partial charge in [-0.2, -0.15) is 0 Å². The normalized spacial score (nSPS) is 41.8. The topological polar surface area (TPSA) is 47.7 Å². The molecule has 1 spiro atoms. The summed E-state index contributed by atoms with van der Waals surface area (Å²) < 4.78 is 11.6. The zero-order valence-corrected chi connectivity index (χ0v) is 11.3. The van der Waals surface area contributed by atoms with Crippen molar-refractivity contribution >= 4 is 0 Å². The van der Waals surface area contributed by atoms with Crippen LogP contribution in [0.15, 0.2) is 0 Å². The third-order valence-corrected chi connectivity index (χ3v) is 4.94. The highest BCUT2D eigenvalue weighted by Crippen LogP contribution is 2.36. The Morgan fingerprint density at radius 1 is 1.28 bits per heavy atom. The number of likely N-dealkylation sites (tertiary alicyclic amines) is 1. The maximum atomic E-state index is 6.02. The van der Waals surface area contributed by atoms with Gasteiger partial charge >= 0.3 is 0 Å². The van der Waals surface area contributed by atoms with Gasteiger partial charge in [0.05, 0.1) is 12.2 Å². The lowest BCUT2D eigenvalue weighted by Crippen LogP contribution is -2.48. The molecule has 3 fully saturated rings. The van der Waals surface area contributed by atoms with Crippen molar-refractivity contribution in [2.75, 3.05) is 39.5 Å². The van der Waals surface area contributed by atoms with Crippen molar-refractivity contribution in [3.8, 4) is 0 Å². The first-order chi connectivity index (χ1) is 8.81. The van der Waals surface area contributed by atoms with E-state index in [0.717, 1.165) is 38.7 Å². The van der Waals surface area contributed by atoms with Gasteiger partial charge in [-0.3, -0.25) is 4.90 Å². The molecule has 3 aliphatic heterocycles. The second-order valence-corrected chi connectivity index (χ2v) is 6.21. The fourth-order valence-corrected chi connectivity index (χ4v) is 3.84. The molecule has 3 heterocycles. The van der Waals surface area contributed by atoms with Crippen molar-refractivity contribution in [3.05, 3.63) is 0 Å². The molecule has 4 nitrogen and oxygen atoms in total. The summed E-state index contributed by atoms with van der Waals surface area (Å²) in [4.78, 5) is 2.68. The fraction of sp³-hybridized carbons (Fsp3) is 1.00. The van der Waals surface area contributed by atoms with E-state index in [0.29, 0.717) is 6.04 Å². The van der Waals surface area contributed by atoms with Crippen molar-refractivity contribution in [3.63, 3.8) is 0 Å². The summed E-state index contributed by atoms with van der Waals surface area (Å²) in [6, 6.07) is 0.711. The van der Waals surface area contributed by atoms with Gasteiger partial charge < -0.3 is 15.2 Å². The van der Waals surface area contributed by atoms with Crippen molar-refractivity contribution in [1.29, 1.82) is 0 Å². The predicted octanol–water partition coefficient (Wildman–Crippen LogP) is 0.995. The molecule has 0 radical (unpaired) electrons. The van der Waals surface area contributed by atoms with Crippen LogP contribution in [0.3, 0.4) is 0 Å². The first-order valence-electron chi connectivity index (χ1n) is 7.47. The molecule has 4 heteroatoms. The van der Waals surface area contributed by atoms with Crippen LogP contribution in [0.2, 0.25) is 0 Å². The van der Waals surface area contributed by atoms with Crippen LogP contribution in [-0.4, -0.2) is 56.0 Å². The van der Waals surface area contributed by atoms with E-state index in [4.69, 9.17) is 15.2 Å². The number of nitrogens with zero attached hydrogens (tertiary/aromatic N) is 1. The number of nitrogens with two attached hydrogens (primary N) is 1. The standard InChI is InChI=1S/C14H26N2O2/c15-5-1-12-2-6-16(10-12)13-3-7-18-14(9-13)4-8-17-11-14/h12-13H,1-11,15H2. The van der Waals surface area contributed by atoms with E-state index in [1.165, 1.54) is 38.8 Å². The minimum atomic E-state index is 0.0505. The molecular formula is C14H26N2O2. The molecule has 0 bridgehead atoms. The molecule has 0 aromatic heterocycles. The maximum Gasteiger partial charge on any atom is 0.0951 e. The summed E-state index contributed by atoms with van der Waals surface area (Å²) in [6.07, 6.45) is 5.97. The summed E-state index contributed by atoms with van der Waals surface area (Å²) >= 11 is 0. The Labute approximate surface area is 110 Å². The smallest absolute Gasteiger partial charge is 0.0951 e. The molecule has 0 aromatic rings. The van der Waals surface area contributed by atoms with Crippen LogP contribution in [0.5, 0.6) is 0 Å². The second-order valence-electron chi connectivity index (χ2n) is 6.21. The van der Waals surface area contributed by atoms with E-state index >= 15 is 0 Å². The summed E-state index contributed by atoms with van der Waals surface area (Å²) in [5.74, 6) is 0.827. The third kappa shape index (κ3) is 2.57. The van der Waals surface area contributed by atoms with Crippen molar-refractivity contribution in [1.82, 2.24) is 4.90 Å². The van der Waals surface area contributed by atoms with Crippen LogP contribution < -0.4 is 5.73 Å². The van der Waals surface area contributed by atoms with Crippen LogP contribution in [0.1, 0.15) is 32.1 Å². The Morgan fingerprint density at radius 3 is 3.00 bits per heavy atom. The van der Waals surface area contributed by atoms with Crippen LogP contribution in [-0.2, 0) is 9.47 Å². The zero-order chi connectivity index (χ0) is 12.4. The monoisotopic (exact) mass is 254 g/mol. The Morgan fingerprint density at radius 2 is 2.22 bits per heavy atom. The van der Waals surface area contributed by atoms with Crippen LogP contribution in [0.25, 0.3) is 0 Å². The van der Waals surface area contributed by atoms with Gasteiger partial charge in [-0.25, -0.2) is 0 Å². The molecule has 3 saturated heterocycles. The molecule has 3 aliphatic rings. The van der Waals surface area contributed by atoms with E-state index in [9.17, 15) is 0 Å². The molecule has 0 aromatic carbocycles. The van der Waals surface area contributed by atoms with Crippen LogP contribution in [0, 0.1) is 5.92 Å². The van der Waals surface area contributed by atoms with Gasteiger partial charge in [0, 0.05) is 32.2 Å². The number of hydrogen-bond donors (Lipinski definition) is 1.